The highest BCUT2D eigenvalue weighted by Gasteiger charge is 2.48. The Morgan fingerprint density at radius 1 is 0.682 bits per heavy atom. The second kappa shape index (κ2) is 17.1. The van der Waals surface area contributed by atoms with Gasteiger partial charge >= 0.3 is 11.9 Å². The van der Waals surface area contributed by atoms with Crippen molar-refractivity contribution in [1.29, 1.82) is 0 Å². The van der Waals surface area contributed by atoms with Crippen molar-refractivity contribution < 1.29 is 28.5 Å². The molecule has 2 atom stereocenters. The minimum Gasteiger partial charge on any atom is -0.461 e. The molecule has 2 aliphatic rings. The van der Waals surface area contributed by atoms with Crippen LogP contribution in [-0.2, 0) is 35.0 Å². The van der Waals surface area contributed by atoms with E-state index in [2.05, 4.69) is 31.2 Å². The lowest BCUT2D eigenvalue weighted by atomic mass is 9.78. The van der Waals surface area contributed by atoms with E-state index in [1.54, 1.807) is 27.7 Å². The van der Waals surface area contributed by atoms with Crippen molar-refractivity contribution in [3.05, 3.63) is 59.7 Å². The molecule has 0 bridgehead atoms. The first-order chi connectivity index (χ1) is 21.2. The lowest BCUT2D eigenvalue weighted by Crippen LogP contribution is -2.40. The molecule has 0 N–H and O–H groups in total. The summed E-state index contributed by atoms with van der Waals surface area (Å²) in [4.78, 5) is 25.3. The first-order valence-corrected chi connectivity index (χ1v) is 17.1. The quantitative estimate of drug-likeness (QED) is 0.149. The van der Waals surface area contributed by atoms with Gasteiger partial charge in [-0.05, 0) is 69.1 Å². The van der Waals surface area contributed by atoms with Crippen LogP contribution in [0.2, 0.25) is 0 Å². The van der Waals surface area contributed by atoms with Gasteiger partial charge in [0.15, 0.2) is 18.5 Å². The first-order valence-electron chi connectivity index (χ1n) is 17.1. The van der Waals surface area contributed by atoms with Gasteiger partial charge in [-0.3, -0.25) is 0 Å². The molecule has 0 spiro atoms. The molecule has 44 heavy (non-hydrogen) atoms. The minimum atomic E-state index is -1.18. The van der Waals surface area contributed by atoms with Crippen LogP contribution in [0.25, 0.3) is 11.1 Å². The van der Waals surface area contributed by atoms with Crippen molar-refractivity contribution in [3.8, 4) is 11.1 Å². The van der Waals surface area contributed by atoms with Gasteiger partial charge in [0, 0.05) is 5.56 Å². The number of carbonyl (C=O) groups excluding carboxylic acids is 2. The maximum Gasteiger partial charge on any atom is 0.339 e. The fourth-order valence-corrected chi connectivity index (χ4v) is 6.51. The number of rotatable bonds is 15. The number of unbranched alkanes of at least 4 members (excludes halogenated alkanes) is 3. The minimum absolute atomic E-state index is 0.340. The van der Waals surface area contributed by atoms with Crippen molar-refractivity contribution in [2.24, 2.45) is 11.8 Å². The van der Waals surface area contributed by atoms with Gasteiger partial charge in [0.1, 0.15) is 0 Å². The maximum atomic E-state index is 12.7. The van der Waals surface area contributed by atoms with Gasteiger partial charge in [-0.1, -0.05) is 120 Å². The number of esters is 2. The summed E-state index contributed by atoms with van der Waals surface area (Å²) < 4.78 is 22.4. The average Bonchev–Trinajstić information content (AvgIpc) is 3.46. The van der Waals surface area contributed by atoms with E-state index in [0.717, 1.165) is 34.9 Å². The molecule has 1 saturated carbocycles. The van der Waals surface area contributed by atoms with E-state index in [4.69, 9.17) is 18.9 Å². The van der Waals surface area contributed by atoms with Gasteiger partial charge in [-0.2, -0.15) is 0 Å². The SMILES string of the molecule is CCCCCC1CCC(CCCCc2ccc(-c3ccc(C4OC(C(=O)OC(C)C)C(C(=O)OC(C)C)O4)cc3)cc2)CC1. The predicted octanol–water partition coefficient (Wildman–Crippen LogP) is 9.14. The number of aryl methyl sites for hydroxylation is 1. The van der Waals surface area contributed by atoms with Gasteiger partial charge in [0.05, 0.1) is 12.2 Å². The predicted molar refractivity (Wildman–Crippen MR) is 174 cm³/mol. The summed E-state index contributed by atoms with van der Waals surface area (Å²) in [5.74, 6) is 0.676. The fraction of sp³-hybridized carbons (Fsp3) is 0.632. The van der Waals surface area contributed by atoms with Gasteiger partial charge in [-0.15, -0.1) is 0 Å². The number of hydrogen-bond acceptors (Lipinski definition) is 6. The monoisotopic (exact) mass is 606 g/mol. The zero-order chi connectivity index (χ0) is 31.5. The summed E-state index contributed by atoms with van der Waals surface area (Å²) in [5.41, 5.74) is 4.32. The largest absolute Gasteiger partial charge is 0.461 e. The third-order valence-electron chi connectivity index (χ3n) is 8.96. The molecule has 2 unspecified atom stereocenters. The van der Waals surface area contributed by atoms with Crippen LogP contribution >= 0.6 is 0 Å². The van der Waals surface area contributed by atoms with E-state index in [1.165, 1.54) is 76.2 Å². The standard InChI is InChI=1S/C38H54O6/c1-6-7-8-11-28-14-16-29(17-15-28)12-9-10-13-30-18-20-31(21-19-30)32-22-24-33(25-23-32)38-43-34(36(39)41-26(2)3)35(44-38)37(40)42-27(4)5/h18-29,34-35,38H,6-17H2,1-5H3. The van der Waals surface area contributed by atoms with Gasteiger partial charge in [-0.25, -0.2) is 9.59 Å². The smallest absolute Gasteiger partial charge is 0.339 e. The van der Waals surface area contributed by atoms with Gasteiger partial charge in [0.25, 0.3) is 0 Å². The summed E-state index contributed by atoms with van der Waals surface area (Å²) in [5, 5.41) is 0. The number of hydrogen-bond donors (Lipinski definition) is 0. The molecule has 2 aromatic rings. The van der Waals surface area contributed by atoms with Crippen LogP contribution in [0.3, 0.4) is 0 Å². The number of carbonyl (C=O) groups is 2. The molecule has 0 radical (unpaired) electrons. The fourth-order valence-electron chi connectivity index (χ4n) is 6.51. The molecule has 0 amide bonds. The van der Waals surface area contributed by atoms with Crippen molar-refractivity contribution in [2.75, 3.05) is 0 Å². The van der Waals surface area contributed by atoms with Crippen molar-refractivity contribution in [2.45, 2.75) is 142 Å². The summed E-state index contributed by atoms with van der Waals surface area (Å²) in [6.07, 6.45) is 12.6. The topological polar surface area (TPSA) is 71.1 Å². The third-order valence-corrected chi connectivity index (χ3v) is 8.96. The highest BCUT2D eigenvalue weighted by molar-refractivity contribution is 5.86. The van der Waals surface area contributed by atoms with Crippen LogP contribution in [0.4, 0.5) is 0 Å². The van der Waals surface area contributed by atoms with Crippen LogP contribution in [0, 0.1) is 11.8 Å². The van der Waals surface area contributed by atoms with Crippen molar-refractivity contribution in [3.63, 3.8) is 0 Å². The lowest BCUT2D eigenvalue weighted by molar-refractivity contribution is -0.167. The Morgan fingerprint density at radius 3 is 1.59 bits per heavy atom. The van der Waals surface area contributed by atoms with Crippen LogP contribution in [-0.4, -0.2) is 36.4 Å². The molecule has 1 saturated heterocycles. The molecule has 1 aliphatic carbocycles. The molecule has 4 rings (SSSR count). The number of benzene rings is 2. The van der Waals surface area contributed by atoms with E-state index in [9.17, 15) is 9.59 Å². The average molecular weight is 607 g/mol. The second-order valence-corrected chi connectivity index (χ2v) is 13.4. The molecule has 0 aromatic heterocycles. The first kappa shape index (κ1) is 34.2. The van der Waals surface area contributed by atoms with Gasteiger partial charge < -0.3 is 18.9 Å². The van der Waals surface area contributed by atoms with Crippen LogP contribution < -0.4 is 0 Å². The molecular weight excluding hydrogens is 552 g/mol. The van der Waals surface area contributed by atoms with Crippen LogP contribution in [0.15, 0.2) is 48.5 Å². The molecule has 2 aromatic carbocycles. The third kappa shape index (κ3) is 10.2. The molecule has 6 nitrogen and oxygen atoms in total. The lowest BCUT2D eigenvalue weighted by Gasteiger charge is -2.28. The molecule has 2 fully saturated rings. The Labute approximate surface area is 265 Å². The Hall–Kier alpha value is -2.70. The van der Waals surface area contributed by atoms with Gasteiger partial charge in [0.2, 0.25) is 0 Å². The second-order valence-electron chi connectivity index (χ2n) is 13.4. The Bertz CT molecular complexity index is 1120. The van der Waals surface area contributed by atoms with Crippen LogP contribution in [0.1, 0.15) is 123 Å². The zero-order valence-electron chi connectivity index (χ0n) is 27.6. The summed E-state index contributed by atoms with van der Waals surface area (Å²) in [6, 6.07) is 16.7. The molecule has 1 heterocycles. The highest BCUT2D eigenvalue weighted by atomic mass is 16.8. The van der Waals surface area contributed by atoms with Crippen LogP contribution in [0.5, 0.6) is 0 Å². The van der Waals surface area contributed by atoms with Crippen molar-refractivity contribution in [1.82, 2.24) is 0 Å². The Morgan fingerprint density at radius 2 is 1.14 bits per heavy atom. The Kier molecular flexibility index (Phi) is 13.3. The van der Waals surface area contributed by atoms with E-state index in [0.29, 0.717) is 0 Å². The van der Waals surface area contributed by atoms with E-state index in [-0.39, 0.29) is 12.2 Å². The molecule has 242 valence electrons. The maximum absolute atomic E-state index is 12.7. The van der Waals surface area contributed by atoms with E-state index in [1.807, 2.05) is 24.3 Å². The summed E-state index contributed by atoms with van der Waals surface area (Å²) in [7, 11) is 0. The van der Waals surface area contributed by atoms with E-state index < -0.39 is 30.4 Å². The Balaban J connectivity index is 1.24. The summed E-state index contributed by atoms with van der Waals surface area (Å²) in [6.45, 7) is 9.29. The molecule has 6 heteroatoms. The molecule has 1 aliphatic heterocycles. The summed E-state index contributed by atoms with van der Waals surface area (Å²) >= 11 is 0. The number of ether oxygens (including phenoxy) is 4. The van der Waals surface area contributed by atoms with E-state index >= 15 is 0 Å². The zero-order valence-corrected chi connectivity index (χ0v) is 27.6. The normalized spacial score (nSPS) is 23.7. The highest BCUT2D eigenvalue weighted by Crippen LogP contribution is 2.36. The molecular formula is C38H54O6. The van der Waals surface area contributed by atoms with Crippen molar-refractivity contribution >= 4 is 11.9 Å².